The number of amides is 2. The smallest absolute Gasteiger partial charge is 0.433 e. The Bertz CT molecular complexity index is 705. The van der Waals surface area contributed by atoms with Crippen molar-refractivity contribution >= 4 is 11.7 Å². The number of benzene rings is 1. The lowest BCUT2D eigenvalue weighted by Crippen LogP contribution is -2.30. The SMILES string of the molecule is CON(C)C(=O)Nc1ccc(Oc2cccc(C(F)(F)F)n2)cc1. The Hall–Kier alpha value is -2.81. The minimum atomic E-state index is -4.54. The van der Waals surface area contributed by atoms with Gasteiger partial charge in [0, 0.05) is 18.8 Å². The normalized spacial score (nSPS) is 11.0. The molecule has 0 saturated heterocycles. The van der Waals surface area contributed by atoms with Crippen LogP contribution in [0.3, 0.4) is 0 Å². The number of carbonyl (C=O) groups excluding carboxylic acids is 1. The molecule has 1 N–H and O–H groups in total. The Kier molecular flexibility index (Phi) is 5.24. The fourth-order valence-corrected chi connectivity index (χ4v) is 1.64. The molecule has 9 heteroatoms. The highest BCUT2D eigenvalue weighted by molar-refractivity contribution is 5.88. The van der Waals surface area contributed by atoms with Crippen molar-refractivity contribution in [1.82, 2.24) is 10.0 Å². The van der Waals surface area contributed by atoms with E-state index in [9.17, 15) is 18.0 Å². The first-order valence-corrected chi connectivity index (χ1v) is 6.70. The third-order valence-electron chi connectivity index (χ3n) is 2.90. The van der Waals surface area contributed by atoms with Crippen LogP contribution in [0, 0.1) is 0 Å². The van der Waals surface area contributed by atoms with Gasteiger partial charge in [0.05, 0.1) is 7.11 Å². The Morgan fingerprint density at radius 3 is 2.42 bits per heavy atom. The van der Waals surface area contributed by atoms with E-state index in [0.717, 1.165) is 11.1 Å². The molecule has 2 aromatic rings. The highest BCUT2D eigenvalue weighted by Gasteiger charge is 2.32. The molecule has 0 unspecified atom stereocenters. The van der Waals surface area contributed by atoms with E-state index >= 15 is 0 Å². The summed E-state index contributed by atoms with van der Waals surface area (Å²) in [6.07, 6.45) is -4.54. The molecular weight excluding hydrogens is 327 g/mol. The fraction of sp³-hybridized carbons (Fsp3) is 0.200. The van der Waals surface area contributed by atoms with Crippen molar-refractivity contribution in [2.45, 2.75) is 6.18 Å². The van der Waals surface area contributed by atoms with Gasteiger partial charge in [-0.2, -0.15) is 13.2 Å². The number of urea groups is 1. The first kappa shape index (κ1) is 17.5. The number of anilines is 1. The minimum Gasteiger partial charge on any atom is -0.439 e. The molecule has 0 aliphatic rings. The maximum Gasteiger partial charge on any atom is 0.433 e. The van der Waals surface area contributed by atoms with E-state index in [4.69, 9.17) is 9.57 Å². The lowest BCUT2D eigenvalue weighted by Gasteiger charge is -2.14. The largest absolute Gasteiger partial charge is 0.439 e. The molecule has 0 aliphatic carbocycles. The standard InChI is InChI=1S/C15H14F3N3O3/c1-21(23-2)14(22)19-10-6-8-11(9-7-10)24-13-5-3-4-12(20-13)15(16,17)18/h3-9H,1-2H3,(H,19,22). The molecule has 0 bridgehead atoms. The van der Waals surface area contributed by atoms with Crippen LogP contribution in [0.15, 0.2) is 42.5 Å². The molecule has 2 rings (SSSR count). The van der Waals surface area contributed by atoms with E-state index < -0.39 is 17.9 Å². The molecule has 1 aromatic carbocycles. The number of aromatic nitrogens is 1. The van der Waals surface area contributed by atoms with Gasteiger partial charge in [-0.3, -0.25) is 4.84 Å². The number of halogens is 3. The zero-order valence-corrected chi connectivity index (χ0v) is 12.8. The van der Waals surface area contributed by atoms with Crippen molar-refractivity contribution < 1.29 is 27.5 Å². The number of hydrogen-bond acceptors (Lipinski definition) is 4. The second kappa shape index (κ2) is 7.18. The van der Waals surface area contributed by atoms with Gasteiger partial charge in [-0.1, -0.05) is 6.07 Å². The Morgan fingerprint density at radius 1 is 1.17 bits per heavy atom. The lowest BCUT2D eigenvalue weighted by atomic mass is 10.3. The molecule has 1 aromatic heterocycles. The van der Waals surface area contributed by atoms with Gasteiger partial charge in [0.2, 0.25) is 5.88 Å². The van der Waals surface area contributed by atoms with Crippen molar-refractivity contribution in [1.29, 1.82) is 0 Å². The predicted molar refractivity (Wildman–Crippen MR) is 79.5 cm³/mol. The first-order chi connectivity index (χ1) is 11.3. The van der Waals surface area contributed by atoms with Crippen LogP contribution in [-0.2, 0) is 11.0 Å². The zero-order valence-electron chi connectivity index (χ0n) is 12.8. The third kappa shape index (κ3) is 4.59. The van der Waals surface area contributed by atoms with Gasteiger partial charge in [0.15, 0.2) is 0 Å². The molecule has 0 radical (unpaired) electrons. The summed E-state index contributed by atoms with van der Waals surface area (Å²) in [5.41, 5.74) is -0.570. The van der Waals surface area contributed by atoms with E-state index in [-0.39, 0.29) is 11.6 Å². The molecule has 0 fully saturated rings. The topological polar surface area (TPSA) is 63.7 Å². The Labute approximate surface area is 135 Å². The van der Waals surface area contributed by atoms with Crippen LogP contribution < -0.4 is 10.1 Å². The third-order valence-corrected chi connectivity index (χ3v) is 2.90. The lowest BCUT2D eigenvalue weighted by molar-refractivity contribution is -0.141. The van der Waals surface area contributed by atoms with Gasteiger partial charge in [0.1, 0.15) is 11.4 Å². The van der Waals surface area contributed by atoms with Crippen molar-refractivity contribution in [2.24, 2.45) is 0 Å². The highest BCUT2D eigenvalue weighted by atomic mass is 19.4. The molecule has 6 nitrogen and oxygen atoms in total. The number of rotatable bonds is 4. The number of pyridine rings is 1. The van der Waals surface area contributed by atoms with Crippen molar-refractivity contribution in [2.75, 3.05) is 19.5 Å². The van der Waals surface area contributed by atoms with Crippen LogP contribution in [0.5, 0.6) is 11.6 Å². The Balaban J connectivity index is 2.06. The maximum absolute atomic E-state index is 12.6. The van der Waals surface area contributed by atoms with Gasteiger partial charge < -0.3 is 10.1 Å². The van der Waals surface area contributed by atoms with Crippen molar-refractivity contribution in [3.63, 3.8) is 0 Å². The van der Waals surface area contributed by atoms with E-state index in [1.807, 2.05) is 0 Å². The van der Waals surface area contributed by atoms with Crippen LogP contribution in [0.1, 0.15) is 5.69 Å². The summed E-state index contributed by atoms with van der Waals surface area (Å²) in [5.74, 6) is 0.0978. The number of carbonyl (C=O) groups is 1. The maximum atomic E-state index is 12.6. The van der Waals surface area contributed by atoms with Gasteiger partial charge >= 0.3 is 12.2 Å². The van der Waals surface area contributed by atoms with Gasteiger partial charge in [0.25, 0.3) is 0 Å². The van der Waals surface area contributed by atoms with Gasteiger partial charge in [-0.05, 0) is 30.3 Å². The van der Waals surface area contributed by atoms with Crippen molar-refractivity contribution in [3.05, 3.63) is 48.2 Å². The number of hydrogen-bond donors (Lipinski definition) is 1. The number of nitrogens with one attached hydrogen (secondary N) is 1. The quantitative estimate of drug-likeness (QED) is 0.856. The number of hydroxylamine groups is 2. The zero-order chi connectivity index (χ0) is 17.7. The second-order valence-electron chi connectivity index (χ2n) is 4.60. The fourth-order valence-electron chi connectivity index (χ4n) is 1.64. The molecule has 24 heavy (non-hydrogen) atoms. The van der Waals surface area contributed by atoms with Crippen LogP contribution in [0.2, 0.25) is 0 Å². The van der Waals surface area contributed by atoms with Crippen LogP contribution in [-0.4, -0.2) is 30.2 Å². The molecule has 128 valence electrons. The summed E-state index contributed by atoms with van der Waals surface area (Å²) < 4.78 is 43.1. The summed E-state index contributed by atoms with van der Waals surface area (Å²) in [4.78, 5) is 19.7. The number of ether oxygens (including phenoxy) is 1. The minimum absolute atomic E-state index is 0.180. The van der Waals surface area contributed by atoms with Crippen molar-refractivity contribution in [3.8, 4) is 11.6 Å². The second-order valence-corrected chi connectivity index (χ2v) is 4.60. The average molecular weight is 341 g/mol. The molecule has 0 atom stereocenters. The first-order valence-electron chi connectivity index (χ1n) is 6.70. The van der Waals surface area contributed by atoms with Crippen LogP contribution in [0.25, 0.3) is 0 Å². The molecule has 2 amide bonds. The van der Waals surface area contributed by atoms with E-state index in [2.05, 4.69) is 10.3 Å². The monoisotopic (exact) mass is 341 g/mol. The summed E-state index contributed by atoms with van der Waals surface area (Å²) in [6.45, 7) is 0. The highest BCUT2D eigenvalue weighted by Crippen LogP contribution is 2.30. The van der Waals surface area contributed by atoms with E-state index in [0.29, 0.717) is 5.69 Å². The average Bonchev–Trinajstić information content (AvgIpc) is 2.55. The summed E-state index contributed by atoms with van der Waals surface area (Å²) in [6, 6.07) is 8.95. The number of alkyl halides is 3. The van der Waals surface area contributed by atoms with Gasteiger partial charge in [-0.15, -0.1) is 0 Å². The summed E-state index contributed by atoms with van der Waals surface area (Å²) >= 11 is 0. The van der Waals surface area contributed by atoms with Crippen LogP contribution in [0.4, 0.5) is 23.7 Å². The molecule has 0 spiro atoms. The summed E-state index contributed by atoms with van der Waals surface area (Å²) in [7, 11) is 2.78. The summed E-state index contributed by atoms with van der Waals surface area (Å²) in [5, 5.41) is 3.55. The molecule has 1 heterocycles. The Morgan fingerprint density at radius 2 is 1.83 bits per heavy atom. The van der Waals surface area contributed by atoms with Gasteiger partial charge in [-0.25, -0.2) is 14.8 Å². The molecule has 0 aliphatic heterocycles. The van der Waals surface area contributed by atoms with E-state index in [1.165, 1.54) is 50.6 Å². The number of nitrogens with zero attached hydrogens (tertiary/aromatic N) is 2. The predicted octanol–water partition coefficient (Wildman–Crippen LogP) is 3.92. The van der Waals surface area contributed by atoms with E-state index in [1.54, 1.807) is 0 Å². The van der Waals surface area contributed by atoms with Crippen LogP contribution >= 0.6 is 0 Å². The molecular formula is C15H14F3N3O3. The molecule has 0 saturated carbocycles.